The summed E-state index contributed by atoms with van der Waals surface area (Å²) < 4.78 is 5.12. The lowest BCUT2D eigenvalue weighted by molar-refractivity contribution is -0.142. The normalized spacial score (nSPS) is 21.6. The number of benzene rings is 1. The van der Waals surface area contributed by atoms with Gasteiger partial charge in [-0.25, -0.2) is 0 Å². The minimum atomic E-state index is -0.924. The third kappa shape index (κ3) is 3.57. The highest BCUT2D eigenvalue weighted by atomic mass is 16.5. The van der Waals surface area contributed by atoms with E-state index in [1.807, 2.05) is 31.2 Å². The Hall–Kier alpha value is -1.88. The largest absolute Gasteiger partial charge is 0.481 e. The maximum Gasteiger partial charge on any atom is 0.311 e. The predicted molar refractivity (Wildman–Crippen MR) is 73.4 cm³/mol. The number of nitrogens with one attached hydrogen (secondary N) is 1. The Balaban J connectivity index is 1.84. The van der Waals surface area contributed by atoms with Gasteiger partial charge in [-0.05, 0) is 24.5 Å². The Morgan fingerprint density at radius 3 is 2.80 bits per heavy atom. The number of carbonyl (C=O) groups excluding carboxylic acids is 1. The number of carboxylic acids is 1. The second kappa shape index (κ2) is 6.52. The number of ether oxygens (including phenoxy) is 1. The molecule has 0 radical (unpaired) electrons. The first-order valence-electron chi connectivity index (χ1n) is 6.72. The lowest BCUT2D eigenvalue weighted by Gasteiger charge is -2.15. The predicted octanol–water partition coefficient (Wildman–Crippen LogP) is 1.14. The number of rotatable bonds is 5. The molecule has 0 aromatic heterocycles. The molecule has 0 aliphatic carbocycles. The van der Waals surface area contributed by atoms with Crippen LogP contribution in [0.25, 0.3) is 0 Å². The summed E-state index contributed by atoms with van der Waals surface area (Å²) in [6, 6.07) is 7.51. The molecule has 1 aromatic carbocycles. The second-order valence-electron chi connectivity index (χ2n) is 5.08. The smallest absolute Gasteiger partial charge is 0.311 e. The minimum absolute atomic E-state index is 0.130. The van der Waals surface area contributed by atoms with Crippen LogP contribution >= 0.6 is 0 Å². The summed E-state index contributed by atoms with van der Waals surface area (Å²) in [6.45, 7) is 2.45. The van der Waals surface area contributed by atoms with Crippen molar-refractivity contribution < 1.29 is 19.4 Å². The van der Waals surface area contributed by atoms with Gasteiger partial charge in [0.2, 0.25) is 5.91 Å². The fraction of sp³-hybridized carbons (Fsp3) is 0.467. The van der Waals surface area contributed by atoms with Gasteiger partial charge >= 0.3 is 5.97 Å². The summed E-state index contributed by atoms with van der Waals surface area (Å²) in [5, 5.41) is 11.8. The van der Waals surface area contributed by atoms with E-state index in [4.69, 9.17) is 9.84 Å². The average Bonchev–Trinajstić information content (AvgIpc) is 2.86. The van der Waals surface area contributed by atoms with E-state index < -0.39 is 17.9 Å². The van der Waals surface area contributed by atoms with Gasteiger partial charge in [-0.3, -0.25) is 9.59 Å². The molecule has 1 aromatic rings. The molecule has 2 N–H and O–H groups in total. The second-order valence-corrected chi connectivity index (χ2v) is 5.08. The van der Waals surface area contributed by atoms with Gasteiger partial charge in [-0.1, -0.05) is 24.3 Å². The van der Waals surface area contributed by atoms with Crippen LogP contribution in [0.5, 0.6) is 0 Å². The van der Waals surface area contributed by atoms with Gasteiger partial charge in [0.25, 0.3) is 0 Å². The van der Waals surface area contributed by atoms with E-state index in [2.05, 4.69) is 5.32 Å². The van der Waals surface area contributed by atoms with Crippen LogP contribution < -0.4 is 5.32 Å². The van der Waals surface area contributed by atoms with Gasteiger partial charge in [0, 0.05) is 6.42 Å². The molecule has 5 heteroatoms. The Labute approximate surface area is 117 Å². The van der Waals surface area contributed by atoms with Crippen molar-refractivity contribution in [2.75, 3.05) is 13.2 Å². The number of hydrogen-bond acceptors (Lipinski definition) is 3. The van der Waals surface area contributed by atoms with Gasteiger partial charge in [0.05, 0.1) is 19.3 Å². The van der Waals surface area contributed by atoms with Crippen LogP contribution in [0.4, 0.5) is 0 Å². The molecule has 1 aliphatic heterocycles. The lowest BCUT2D eigenvalue weighted by atomic mass is 10.0. The molecule has 5 nitrogen and oxygen atoms in total. The minimum Gasteiger partial charge on any atom is -0.481 e. The van der Waals surface area contributed by atoms with Crippen molar-refractivity contribution in [3.8, 4) is 0 Å². The number of carbonyl (C=O) groups is 2. The summed E-state index contributed by atoms with van der Waals surface area (Å²) >= 11 is 0. The highest BCUT2D eigenvalue weighted by Crippen LogP contribution is 2.14. The van der Waals surface area contributed by atoms with E-state index in [-0.39, 0.29) is 19.1 Å². The first kappa shape index (κ1) is 14.5. The van der Waals surface area contributed by atoms with Gasteiger partial charge in [-0.15, -0.1) is 0 Å². The van der Waals surface area contributed by atoms with Crippen LogP contribution in [0.3, 0.4) is 0 Å². The number of hydrogen-bond donors (Lipinski definition) is 2. The van der Waals surface area contributed by atoms with Crippen molar-refractivity contribution in [3.05, 3.63) is 35.4 Å². The van der Waals surface area contributed by atoms with Crippen molar-refractivity contribution >= 4 is 11.9 Å². The van der Waals surface area contributed by atoms with Gasteiger partial charge in [0.1, 0.15) is 5.92 Å². The third-order valence-electron chi connectivity index (χ3n) is 3.63. The van der Waals surface area contributed by atoms with E-state index in [0.717, 1.165) is 11.1 Å². The molecule has 1 heterocycles. The Morgan fingerprint density at radius 2 is 2.10 bits per heavy atom. The number of aryl methyl sites for hydroxylation is 2. The lowest BCUT2D eigenvalue weighted by Crippen LogP contribution is -2.42. The highest BCUT2D eigenvalue weighted by Gasteiger charge is 2.34. The zero-order valence-electron chi connectivity index (χ0n) is 11.5. The molecule has 2 rings (SSSR count). The monoisotopic (exact) mass is 277 g/mol. The SMILES string of the molecule is Cc1ccccc1CCC(=O)NC1COCC1C(=O)O. The fourth-order valence-electron chi connectivity index (χ4n) is 2.36. The molecule has 1 saturated heterocycles. The van der Waals surface area contributed by atoms with Gasteiger partial charge in [0.15, 0.2) is 0 Å². The van der Waals surface area contributed by atoms with Crippen molar-refractivity contribution in [1.82, 2.24) is 5.32 Å². The van der Waals surface area contributed by atoms with Crippen LogP contribution in [-0.2, 0) is 20.7 Å². The average molecular weight is 277 g/mol. The molecule has 0 spiro atoms. The zero-order chi connectivity index (χ0) is 14.5. The van der Waals surface area contributed by atoms with E-state index >= 15 is 0 Å². The molecule has 1 aliphatic rings. The third-order valence-corrected chi connectivity index (χ3v) is 3.63. The standard InChI is InChI=1S/C15H19NO4/c1-10-4-2-3-5-11(10)6-7-14(17)16-13-9-20-8-12(13)15(18)19/h2-5,12-13H,6-9H2,1H3,(H,16,17)(H,18,19). The highest BCUT2D eigenvalue weighted by molar-refractivity contribution is 5.78. The molecule has 1 amide bonds. The Bertz CT molecular complexity index is 500. The van der Waals surface area contributed by atoms with E-state index in [1.54, 1.807) is 0 Å². The number of aliphatic carboxylic acids is 1. The van der Waals surface area contributed by atoms with E-state index in [1.165, 1.54) is 0 Å². The summed E-state index contributed by atoms with van der Waals surface area (Å²) in [5.41, 5.74) is 2.30. The summed E-state index contributed by atoms with van der Waals surface area (Å²) in [7, 11) is 0. The van der Waals surface area contributed by atoms with Crippen molar-refractivity contribution in [1.29, 1.82) is 0 Å². The first-order valence-corrected chi connectivity index (χ1v) is 6.72. The molecule has 0 saturated carbocycles. The van der Waals surface area contributed by atoms with E-state index in [0.29, 0.717) is 12.8 Å². The summed E-state index contributed by atoms with van der Waals surface area (Å²) in [6.07, 6.45) is 1.01. The van der Waals surface area contributed by atoms with Gasteiger partial charge in [-0.2, -0.15) is 0 Å². The van der Waals surface area contributed by atoms with E-state index in [9.17, 15) is 9.59 Å². The van der Waals surface area contributed by atoms with Crippen molar-refractivity contribution in [2.24, 2.45) is 5.92 Å². The van der Waals surface area contributed by atoms with Crippen LogP contribution in [0, 0.1) is 12.8 Å². The topological polar surface area (TPSA) is 75.6 Å². The first-order chi connectivity index (χ1) is 9.58. The molecule has 0 bridgehead atoms. The summed E-state index contributed by atoms with van der Waals surface area (Å²) in [5.74, 6) is -1.70. The van der Waals surface area contributed by atoms with Crippen LogP contribution in [-0.4, -0.2) is 36.2 Å². The fourth-order valence-corrected chi connectivity index (χ4v) is 2.36. The van der Waals surface area contributed by atoms with Crippen LogP contribution in [0.1, 0.15) is 17.5 Å². The summed E-state index contributed by atoms with van der Waals surface area (Å²) in [4.78, 5) is 22.9. The molecular weight excluding hydrogens is 258 g/mol. The number of amides is 1. The Morgan fingerprint density at radius 1 is 1.35 bits per heavy atom. The quantitative estimate of drug-likeness (QED) is 0.846. The van der Waals surface area contributed by atoms with Crippen LogP contribution in [0.2, 0.25) is 0 Å². The Kier molecular flexibility index (Phi) is 4.74. The van der Waals surface area contributed by atoms with Crippen molar-refractivity contribution in [2.45, 2.75) is 25.8 Å². The molecule has 2 atom stereocenters. The molecular formula is C15H19NO4. The molecule has 1 fully saturated rings. The molecule has 2 unspecified atom stereocenters. The zero-order valence-corrected chi connectivity index (χ0v) is 11.5. The van der Waals surface area contributed by atoms with Crippen molar-refractivity contribution in [3.63, 3.8) is 0 Å². The molecule has 20 heavy (non-hydrogen) atoms. The maximum atomic E-state index is 11.9. The van der Waals surface area contributed by atoms with Crippen LogP contribution in [0.15, 0.2) is 24.3 Å². The van der Waals surface area contributed by atoms with Gasteiger partial charge < -0.3 is 15.2 Å². The number of carboxylic acid groups (broad SMARTS) is 1. The molecule has 108 valence electrons. The maximum absolute atomic E-state index is 11.9.